The molecule has 2 heterocycles. The van der Waals surface area contributed by atoms with E-state index in [0.717, 1.165) is 11.4 Å². The van der Waals surface area contributed by atoms with Gasteiger partial charge in [-0.3, -0.25) is 5.32 Å². The predicted molar refractivity (Wildman–Crippen MR) is 76.8 cm³/mol. The molecule has 2 aromatic rings. The molecule has 0 bridgehead atoms. The molecule has 0 aliphatic carbocycles. The molecule has 1 amide bonds. The van der Waals surface area contributed by atoms with Gasteiger partial charge in [-0.05, 0) is 17.4 Å². The highest BCUT2D eigenvalue weighted by molar-refractivity contribution is 7.15. The lowest BCUT2D eigenvalue weighted by atomic mass is 10.2. The zero-order valence-electron chi connectivity index (χ0n) is 10.8. The normalized spacial score (nSPS) is 10.7. The van der Waals surface area contributed by atoms with Crippen molar-refractivity contribution < 1.29 is 9.53 Å². The van der Waals surface area contributed by atoms with Crippen molar-refractivity contribution in [3.05, 3.63) is 27.4 Å². The summed E-state index contributed by atoms with van der Waals surface area (Å²) in [6.07, 6.45) is 0.269. The molecule has 0 unspecified atom stereocenters. The molecule has 5 nitrogen and oxygen atoms in total. The number of amides is 1. The van der Waals surface area contributed by atoms with Crippen molar-refractivity contribution in [1.29, 1.82) is 0 Å². The molecule has 0 saturated heterocycles. The molecule has 2 aromatic heterocycles. The predicted octanol–water partition coefficient (Wildman–Crippen LogP) is 3.39. The molecule has 0 aliphatic rings. The van der Waals surface area contributed by atoms with Gasteiger partial charge < -0.3 is 4.74 Å². The van der Waals surface area contributed by atoms with E-state index in [9.17, 15) is 4.79 Å². The van der Waals surface area contributed by atoms with Crippen LogP contribution in [0.5, 0.6) is 0 Å². The number of rotatable bonds is 5. The number of thiophene rings is 1. The number of nitrogens with one attached hydrogen (secondary N) is 1. The quantitative estimate of drug-likeness (QED) is 0.918. The van der Waals surface area contributed by atoms with Gasteiger partial charge in [-0.25, -0.2) is 4.79 Å². The highest BCUT2D eigenvalue weighted by Crippen LogP contribution is 2.20. The maximum atomic E-state index is 11.5. The van der Waals surface area contributed by atoms with Crippen molar-refractivity contribution in [2.24, 2.45) is 5.92 Å². The van der Waals surface area contributed by atoms with Crippen LogP contribution in [0.2, 0.25) is 0 Å². The molecule has 19 heavy (non-hydrogen) atoms. The smallest absolute Gasteiger partial charge is 0.413 e. The molecule has 0 aliphatic heterocycles. The maximum Gasteiger partial charge on any atom is 0.413 e. The fourth-order valence-corrected chi connectivity index (χ4v) is 2.85. The molecule has 0 fully saturated rings. The van der Waals surface area contributed by atoms with Crippen LogP contribution in [0, 0.1) is 5.92 Å². The Balaban J connectivity index is 1.85. The molecular formula is C12H15N3O2S2. The number of ether oxygens (including phenoxy) is 1. The summed E-state index contributed by atoms with van der Waals surface area (Å²) in [7, 11) is 0. The van der Waals surface area contributed by atoms with Gasteiger partial charge in [0, 0.05) is 11.3 Å². The Morgan fingerprint density at radius 2 is 2.32 bits per heavy atom. The van der Waals surface area contributed by atoms with Gasteiger partial charge in [-0.1, -0.05) is 31.3 Å². The molecular weight excluding hydrogens is 282 g/mol. The fourth-order valence-electron chi connectivity index (χ4n) is 1.30. The number of carbonyl (C=O) groups excluding carboxylic acids is 1. The molecule has 0 saturated carbocycles. The van der Waals surface area contributed by atoms with E-state index in [0.29, 0.717) is 17.7 Å². The van der Waals surface area contributed by atoms with E-state index in [4.69, 9.17) is 4.74 Å². The zero-order chi connectivity index (χ0) is 13.7. The first-order chi connectivity index (χ1) is 9.13. The van der Waals surface area contributed by atoms with Gasteiger partial charge in [-0.15, -0.1) is 21.5 Å². The molecule has 1 N–H and O–H groups in total. The highest BCUT2D eigenvalue weighted by Gasteiger charge is 2.10. The highest BCUT2D eigenvalue weighted by atomic mass is 32.1. The van der Waals surface area contributed by atoms with Gasteiger partial charge in [0.1, 0.15) is 5.01 Å². The second-order valence-electron chi connectivity index (χ2n) is 4.37. The number of aromatic nitrogens is 2. The van der Waals surface area contributed by atoms with E-state index in [1.165, 1.54) is 16.2 Å². The number of hydrogen-bond acceptors (Lipinski definition) is 6. The molecule has 0 aromatic carbocycles. The summed E-state index contributed by atoms with van der Waals surface area (Å²) in [5, 5.41) is 13.9. The number of hydrogen-bond donors (Lipinski definition) is 1. The monoisotopic (exact) mass is 297 g/mol. The third-order valence-electron chi connectivity index (χ3n) is 2.13. The van der Waals surface area contributed by atoms with Crippen LogP contribution < -0.4 is 5.32 Å². The molecule has 0 spiro atoms. The summed E-state index contributed by atoms with van der Waals surface area (Å²) < 4.78 is 5.01. The minimum Gasteiger partial charge on any atom is -0.449 e. The van der Waals surface area contributed by atoms with Gasteiger partial charge in [0.25, 0.3) is 0 Å². The molecule has 102 valence electrons. The molecule has 7 heteroatoms. The third-order valence-corrected chi connectivity index (χ3v) is 3.84. The molecule has 0 radical (unpaired) electrons. The Bertz CT molecular complexity index is 523. The lowest BCUT2D eigenvalue weighted by Gasteiger charge is -2.06. The summed E-state index contributed by atoms with van der Waals surface area (Å²) in [6, 6.07) is 4.06. The molecule has 2 rings (SSSR count). The minimum atomic E-state index is -0.479. The van der Waals surface area contributed by atoms with Gasteiger partial charge in [0.05, 0.1) is 6.61 Å². The summed E-state index contributed by atoms with van der Waals surface area (Å²) in [6.45, 7) is 4.36. The lowest BCUT2D eigenvalue weighted by Crippen LogP contribution is -2.16. The first-order valence-electron chi connectivity index (χ1n) is 5.92. The van der Waals surface area contributed by atoms with Crippen LogP contribution in [0.4, 0.5) is 9.93 Å². The summed E-state index contributed by atoms with van der Waals surface area (Å²) in [5.74, 6) is 0.314. The topological polar surface area (TPSA) is 64.1 Å². The standard InChI is InChI=1S/C12H15N3O2S2/c1-8(2)7-17-12(16)13-11-15-14-10(19-11)6-9-4-3-5-18-9/h3-5,8H,6-7H2,1-2H3,(H,13,15,16). The van der Waals surface area contributed by atoms with Crippen LogP contribution in [0.15, 0.2) is 17.5 Å². The Kier molecular flexibility index (Phi) is 4.86. The SMILES string of the molecule is CC(C)COC(=O)Nc1nnc(Cc2cccs2)s1. The van der Waals surface area contributed by atoms with Crippen LogP contribution in [0.25, 0.3) is 0 Å². The van der Waals surface area contributed by atoms with Crippen LogP contribution >= 0.6 is 22.7 Å². The number of carbonyl (C=O) groups is 1. The first kappa shape index (κ1) is 14.0. The zero-order valence-corrected chi connectivity index (χ0v) is 12.4. The van der Waals surface area contributed by atoms with Crippen molar-refractivity contribution in [2.75, 3.05) is 11.9 Å². The van der Waals surface area contributed by atoms with Crippen molar-refractivity contribution in [1.82, 2.24) is 10.2 Å². The lowest BCUT2D eigenvalue weighted by molar-refractivity contribution is 0.147. The first-order valence-corrected chi connectivity index (χ1v) is 7.61. The Hall–Kier alpha value is -1.47. The summed E-state index contributed by atoms with van der Waals surface area (Å²) in [4.78, 5) is 12.7. The van der Waals surface area contributed by atoms with Crippen molar-refractivity contribution in [3.8, 4) is 0 Å². The Labute approximate surface area is 119 Å². The fraction of sp³-hybridized carbons (Fsp3) is 0.417. The van der Waals surface area contributed by atoms with Gasteiger partial charge in [0.15, 0.2) is 0 Å². The Morgan fingerprint density at radius 1 is 1.47 bits per heavy atom. The molecule has 0 atom stereocenters. The van der Waals surface area contributed by atoms with E-state index in [1.807, 2.05) is 25.3 Å². The van der Waals surface area contributed by atoms with Gasteiger partial charge in [-0.2, -0.15) is 0 Å². The van der Waals surface area contributed by atoms with Crippen LogP contribution in [-0.2, 0) is 11.2 Å². The maximum absolute atomic E-state index is 11.5. The van der Waals surface area contributed by atoms with Gasteiger partial charge >= 0.3 is 6.09 Å². The van der Waals surface area contributed by atoms with Crippen molar-refractivity contribution in [2.45, 2.75) is 20.3 Å². The van der Waals surface area contributed by atoms with E-state index < -0.39 is 6.09 Å². The van der Waals surface area contributed by atoms with Crippen LogP contribution in [0.3, 0.4) is 0 Å². The minimum absolute atomic E-state index is 0.314. The van der Waals surface area contributed by atoms with E-state index in [2.05, 4.69) is 21.6 Å². The van der Waals surface area contributed by atoms with E-state index in [-0.39, 0.29) is 0 Å². The van der Waals surface area contributed by atoms with Crippen molar-refractivity contribution in [3.63, 3.8) is 0 Å². The van der Waals surface area contributed by atoms with Crippen LogP contribution in [-0.4, -0.2) is 22.9 Å². The second kappa shape index (κ2) is 6.63. The van der Waals surface area contributed by atoms with Gasteiger partial charge in [0.2, 0.25) is 5.13 Å². The largest absolute Gasteiger partial charge is 0.449 e. The summed E-state index contributed by atoms with van der Waals surface area (Å²) >= 11 is 3.05. The van der Waals surface area contributed by atoms with E-state index >= 15 is 0 Å². The number of nitrogens with zero attached hydrogens (tertiary/aromatic N) is 2. The average molecular weight is 297 g/mol. The summed E-state index contributed by atoms with van der Waals surface area (Å²) in [5.41, 5.74) is 0. The average Bonchev–Trinajstić information content (AvgIpc) is 2.99. The third kappa shape index (κ3) is 4.60. The Morgan fingerprint density at radius 3 is 3.00 bits per heavy atom. The van der Waals surface area contributed by atoms with E-state index in [1.54, 1.807) is 11.3 Å². The van der Waals surface area contributed by atoms with Crippen LogP contribution in [0.1, 0.15) is 23.7 Å². The number of anilines is 1. The second-order valence-corrected chi connectivity index (χ2v) is 6.47. The van der Waals surface area contributed by atoms with Crippen molar-refractivity contribution >= 4 is 33.9 Å².